The minimum atomic E-state index is 0. The predicted octanol–water partition coefficient (Wildman–Crippen LogP) is 7.25. The molecule has 6 N–H and O–H groups in total. The summed E-state index contributed by atoms with van der Waals surface area (Å²) in [5.41, 5.74) is 21.2. The van der Waals surface area contributed by atoms with E-state index in [0.29, 0.717) is 28.7 Å². The van der Waals surface area contributed by atoms with Crippen LogP contribution in [0.1, 0.15) is 56.6 Å². The number of pyridine rings is 2. The average molecular weight is 769 g/mol. The first-order valence-electron chi connectivity index (χ1n) is 18.6. The monoisotopic (exact) mass is 767 g/mol. The van der Waals surface area contributed by atoms with Gasteiger partial charge in [-0.05, 0) is 105 Å². The van der Waals surface area contributed by atoms with Crippen LogP contribution in [0.5, 0.6) is 0 Å². The minimum Gasteiger partial charge on any atom is -0.382 e. The Morgan fingerprint density at radius 3 is 1.76 bits per heavy atom. The number of benzene rings is 2. The van der Waals surface area contributed by atoms with E-state index in [9.17, 15) is 0 Å². The number of nitrogens with zero attached hydrogens (tertiary/aromatic N) is 7. The second kappa shape index (κ2) is 19.7. The van der Waals surface area contributed by atoms with Crippen LogP contribution < -0.4 is 22.1 Å². The summed E-state index contributed by atoms with van der Waals surface area (Å²) in [5.74, 6) is 1.71. The Morgan fingerprint density at radius 2 is 1.20 bits per heavy atom. The highest BCUT2D eigenvalue weighted by Crippen LogP contribution is 2.26. The van der Waals surface area contributed by atoms with E-state index in [-0.39, 0.29) is 24.8 Å². The average Bonchev–Trinajstić information content (AvgIpc) is 3.71. The van der Waals surface area contributed by atoms with Gasteiger partial charge in [-0.2, -0.15) is 0 Å². The normalized spacial score (nSPS) is 17.0. The van der Waals surface area contributed by atoms with E-state index in [1.54, 1.807) is 0 Å². The number of likely N-dealkylation sites (tertiary alicyclic amines) is 1. The molecule has 1 aliphatic heterocycles. The van der Waals surface area contributed by atoms with Crippen molar-refractivity contribution >= 4 is 58.5 Å². The van der Waals surface area contributed by atoms with E-state index in [2.05, 4.69) is 101 Å². The number of fused-ring (bicyclic) bond motifs is 2. The summed E-state index contributed by atoms with van der Waals surface area (Å²) in [6.45, 7) is 8.76. The molecule has 2 fully saturated rings. The van der Waals surface area contributed by atoms with E-state index >= 15 is 0 Å². The first-order chi connectivity index (χ1) is 25.5. The molecule has 0 radical (unpaired) electrons. The standard InChI is InChI=1S/C21H25N5.C20H24N6.2ClH/c1-14-5-7-17(8-6-14)23-12-15-3-2-4-16(11-15)18-9-10-19-20(26-18)21(22)25-13-24-19;21-20-19-18(23-14-24-20)7-6-17(25-19)16-5-3-4-15(12-16)13-22-8-11-26-9-1-2-10-26;;/h2-4,9-11,13-14,17,23H,5-8,12H2,1H3,(H2,22,24,25);3-7,12,14,22H,1-2,8-11,13H2,(H2,21,23,24);2*1H. The van der Waals surface area contributed by atoms with Gasteiger partial charge in [0, 0.05) is 43.3 Å². The zero-order valence-electron chi connectivity index (χ0n) is 30.8. The molecule has 1 saturated heterocycles. The van der Waals surface area contributed by atoms with Gasteiger partial charge in [0.15, 0.2) is 11.6 Å². The van der Waals surface area contributed by atoms with Gasteiger partial charge in [0.25, 0.3) is 0 Å². The van der Waals surface area contributed by atoms with Gasteiger partial charge in [-0.25, -0.2) is 29.9 Å². The van der Waals surface area contributed by atoms with Gasteiger partial charge in [-0.15, -0.1) is 24.8 Å². The van der Waals surface area contributed by atoms with Crippen LogP contribution >= 0.6 is 24.8 Å². The van der Waals surface area contributed by atoms with Crippen molar-refractivity contribution in [1.29, 1.82) is 0 Å². The first-order valence-corrected chi connectivity index (χ1v) is 18.6. The minimum absolute atomic E-state index is 0. The number of nitrogens with two attached hydrogens (primary N) is 2. The number of nitrogen functional groups attached to an aromatic ring is 2. The van der Waals surface area contributed by atoms with Gasteiger partial charge in [-0.3, -0.25) is 0 Å². The predicted molar refractivity (Wildman–Crippen MR) is 224 cm³/mol. The molecule has 13 heteroatoms. The van der Waals surface area contributed by atoms with Crippen LogP contribution in [0.15, 0.2) is 85.5 Å². The lowest BCUT2D eigenvalue weighted by Gasteiger charge is -2.27. The molecule has 5 heterocycles. The number of nitrogens with one attached hydrogen (secondary N) is 2. The lowest BCUT2D eigenvalue weighted by Crippen LogP contribution is -2.32. The molecule has 0 unspecified atom stereocenters. The van der Waals surface area contributed by atoms with Crippen molar-refractivity contribution in [3.05, 3.63) is 96.6 Å². The summed E-state index contributed by atoms with van der Waals surface area (Å²) in [7, 11) is 0. The lowest BCUT2D eigenvalue weighted by atomic mass is 9.87. The summed E-state index contributed by atoms with van der Waals surface area (Å²) in [6.07, 6.45) is 10.9. The highest BCUT2D eigenvalue weighted by molar-refractivity contribution is 5.87. The third-order valence-corrected chi connectivity index (χ3v) is 10.2. The first kappa shape index (κ1) is 40.7. The number of rotatable bonds is 10. The molecule has 0 bridgehead atoms. The Kier molecular flexibility index (Phi) is 14.8. The molecule has 1 saturated carbocycles. The zero-order valence-corrected chi connectivity index (χ0v) is 32.5. The number of anilines is 2. The number of hydrogen-bond donors (Lipinski definition) is 4. The van der Waals surface area contributed by atoms with Crippen LogP contribution in [-0.4, -0.2) is 67.0 Å². The molecular formula is C41H51Cl2N11. The van der Waals surface area contributed by atoms with Gasteiger partial charge in [0.2, 0.25) is 0 Å². The molecule has 54 heavy (non-hydrogen) atoms. The van der Waals surface area contributed by atoms with Crippen LogP contribution in [0.3, 0.4) is 0 Å². The molecule has 1 aliphatic carbocycles. The summed E-state index contributed by atoms with van der Waals surface area (Å²) >= 11 is 0. The maximum absolute atomic E-state index is 5.95. The van der Waals surface area contributed by atoms with Gasteiger partial charge >= 0.3 is 0 Å². The molecular weight excluding hydrogens is 717 g/mol. The van der Waals surface area contributed by atoms with Gasteiger partial charge in [0.05, 0.1) is 22.4 Å². The largest absolute Gasteiger partial charge is 0.382 e. The smallest absolute Gasteiger partial charge is 0.153 e. The summed E-state index contributed by atoms with van der Waals surface area (Å²) < 4.78 is 0. The second-order valence-electron chi connectivity index (χ2n) is 14.1. The highest BCUT2D eigenvalue weighted by atomic mass is 35.5. The van der Waals surface area contributed by atoms with Gasteiger partial charge in [-0.1, -0.05) is 43.3 Å². The molecule has 0 atom stereocenters. The van der Waals surface area contributed by atoms with E-state index < -0.39 is 0 Å². The van der Waals surface area contributed by atoms with Crippen molar-refractivity contribution in [2.75, 3.05) is 37.6 Å². The summed E-state index contributed by atoms with van der Waals surface area (Å²) in [5, 5.41) is 7.26. The fourth-order valence-corrected chi connectivity index (χ4v) is 7.12. The topological polar surface area (TPSA) is 157 Å². The molecule has 8 rings (SSSR count). The summed E-state index contributed by atoms with van der Waals surface area (Å²) in [6, 6.07) is 25.5. The van der Waals surface area contributed by atoms with Crippen molar-refractivity contribution in [3.63, 3.8) is 0 Å². The molecule has 0 amide bonds. The fraction of sp³-hybridized carbons (Fsp3) is 0.366. The van der Waals surface area contributed by atoms with Crippen LogP contribution in [0.25, 0.3) is 44.6 Å². The lowest BCUT2D eigenvalue weighted by molar-refractivity contribution is 0.306. The van der Waals surface area contributed by atoms with Crippen molar-refractivity contribution in [2.24, 2.45) is 5.92 Å². The van der Waals surface area contributed by atoms with E-state index in [4.69, 9.17) is 11.5 Å². The molecule has 4 aromatic heterocycles. The SMILES string of the molecule is CC1CCC(NCc2cccc(-c3ccc4ncnc(N)c4n3)c2)CC1.Cl.Cl.Nc1ncnc2ccc(-c3cccc(CNCCN4CCCC4)c3)nc12. The van der Waals surface area contributed by atoms with E-state index in [1.165, 1.54) is 75.4 Å². The maximum atomic E-state index is 5.95. The second-order valence-corrected chi connectivity index (χ2v) is 14.1. The number of aromatic nitrogens is 6. The molecule has 2 aliphatic rings. The Hall–Kier alpha value is -4.52. The van der Waals surface area contributed by atoms with Crippen LogP contribution in [0, 0.1) is 5.92 Å². The third kappa shape index (κ3) is 10.6. The van der Waals surface area contributed by atoms with Gasteiger partial charge < -0.3 is 27.0 Å². The van der Waals surface area contributed by atoms with Crippen molar-refractivity contribution in [1.82, 2.24) is 45.4 Å². The maximum Gasteiger partial charge on any atom is 0.153 e. The van der Waals surface area contributed by atoms with Crippen LogP contribution in [0.4, 0.5) is 11.6 Å². The number of hydrogen-bond acceptors (Lipinski definition) is 11. The molecule has 0 spiro atoms. The zero-order chi connectivity index (χ0) is 35.7. The van der Waals surface area contributed by atoms with E-state index in [0.717, 1.165) is 65.6 Å². The number of halogens is 2. The van der Waals surface area contributed by atoms with Crippen molar-refractivity contribution in [3.8, 4) is 22.5 Å². The highest BCUT2D eigenvalue weighted by Gasteiger charge is 2.17. The Bertz CT molecular complexity index is 2100. The van der Waals surface area contributed by atoms with Crippen molar-refractivity contribution in [2.45, 2.75) is 64.6 Å². The third-order valence-electron chi connectivity index (χ3n) is 10.2. The summed E-state index contributed by atoms with van der Waals surface area (Å²) in [4.78, 5) is 28.4. The molecule has 284 valence electrons. The van der Waals surface area contributed by atoms with Gasteiger partial charge in [0.1, 0.15) is 23.7 Å². The Labute approximate surface area is 330 Å². The van der Waals surface area contributed by atoms with E-state index in [1.807, 2.05) is 24.3 Å². The van der Waals surface area contributed by atoms with Crippen molar-refractivity contribution < 1.29 is 0 Å². The quantitative estimate of drug-likeness (QED) is 0.104. The fourth-order valence-electron chi connectivity index (χ4n) is 7.12. The Balaban J connectivity index is 0.000000200. The Morgan fingerprint density at radius 1 is 0.667 bits per heavy atom. The van der Waals surface area contributed by atoms with Crippen LogP contribution in [-0.2, 0) is 13.1 Å². The van der Waals surface area contributed by atoms with Crippen LogP contribution in [0.2, 0.25) is 0 Å². The molecule has 11 nitrogen and oxygen atoms in total. The molecule has 2 aromatic carbocycles. The molecule has 6 aromatic rings.